The van der Waals surface area contributed by atoms with Crippen molar-refractivity contribution in [2.75, 3.05) is 26.2 Å². The third kappa shape index (κ3) is 1.98. The van der Waals surface area contributed by atoms with E-state index in [1.54, 1.807) is 0 Å². The van der Waals surface area contributed by atoms with E-state index in [-0.39, 0.29) is 0 Å². The first-order chi connectivity index (χ1) is 7.36. The lowest BCUT2D eigenvalue weighted by Gasteiger charge is -2.25. The van der Waals surface area contributed by atoms with Crippen LogP contribution >= 0.6 is 0 Å². The van der Waals surface area contributed by atoms with E-state index in [4.69, 9.17) is 10.5 Å². The van der Waals surface area contributed by atoms with E-state index < -0.39 is 0 Å². The molecule has 2 rings (SSSR count). The second kappa shape index (κ2) is 4.64. The lowest BCUT2D eigenvalue weighted by atomic mass is 10.1. The fourth-order valence-electron chi connectivity index (χ4n) is 2.15. The maximum Gasteiger partial charge on any atom is 0.124 e. The Labute approximate surface area is 90.8 Å². The lowest BCUT2D eigenvalue weighted by Crippen LogP contribution is -2.34. The Morgan fingerprint density at radius 2 is 2.27 bits per heavy atom. The number of rotatable bonds is 4. The second-order valence-electron chi connectivity index (χ2n) is 3.78. The molecule has 1 aliphatic heterocycles. The summed E-state index contributed by atoms with van der Waals surface area (Å²) in [7, 11) is 0. The second-order valence-corrected chi connectivity index (χ2v) is 3.78. The first-order valence-electron chi connectivity index (χ1n) is 5.52. The molecule has 82 valence electrons. The number of nitrogens with zero attached hydrogens (tertiary/aromatic N) is 1. The third-order valence-corrected chi connectivity index (χ3v) is 2.94. The maximum absolute atomic E-state index is 5.66. The Bertz CT molecular complexity index is 327. The molecule has 1 aliphatic rings. The third-order valence-electron chi connectivity index (χ3n) is 2.94. The van der Waals surface area contributed by atoms with Gasteiger partial charge in [0.1, 0.15) is 12.4 Å². The summed E-state index contributed by atoms with van der Waals surface area (Å²) in [6.45, 7) is 5.56. The molecule has 0 fully saturated rings. The van der Waals surface area contributed by atoms with E-state index in [2.05, 4.69) is 24.0 Å². The molecule has 1 unspecified atom stereocenters. The molecule has 0 saturated heterocycles. The van der Waals surface area contributed by atoms with Crippen LogP contribution in [-0.2, 0) is 0 Å². The van der Waals surface area contributed by atoms with Gasteiger partial charge in [0.2, 0.25) is 0 Å². The molecule has 1 heterocycles. The van der Waals surface area contributed by atoms with Crippen LogP contribution in [0.25, 0.3) is 0 Å². The number of ether oxygens (including phenoxy) is 1. The molecule has 2 N–H and O–H groups in total. The van der Waals surface area contributed by atoms with Gasteiger partial charge in [-0.15, -0.1) is 0 Å². The fourth-order valence-corrected chi connectivity index (χ4v) is 2.15. The van der Waals surface area contributed by atoms with Crippen LogP contribution in [-0.4, -0.2) is 31.1 Å². The van der Waals surface area contributed by atoms with Gasteiger partial charge in [0, 0.05) is 18.7 Å². The van der Waals surface area contributed by atoms with Crippen molar-refractivity contribution in [3.63, 3.8) is 0 Å². The van der Waals surface area contributed by atoms with Gasteiger partial charge in [0.05, 0.1) is 6.04 Å². The summed E-state index contributed by atoms with van der Waals surface area (Å²) in [4.78, 5) is 2.37. The Morgan fingerprint density at radius 3 is 3.00 bits per heavy atom. The quantitative estimate of drug-likeness (QED) is 0.809. The lowest BCUT2D eigenvalue weighted by molar-refractivity contribution is 0.174. The summed E-state index contributed by atoms with van der Waals surface area (Å²) in [6, 6.07) is 8.64. The number of hydrogen-bond donors (Lipinski definition) is 1. The highest BCUT2D eigenvalue weighted by Crippen LogP contribution is 2.35. The summed E-state index contributed by atoms with van der Waals surface area (Å²) in [5.74, 6) is 1.03. The van der Waals surface area contributed by atoms with E-state index in [1.807, 2.05) is 12.1 Å². The van der Waals surface area contributed by atoms with Crippen molar-refractivity contribution in [2.24, 2.45) is 5.73 Å². The van der Waals surface area contributed by atoms with Gasteiger partial charge in [-0.25, -0.2) is 0 Å². The average molecular weight is 206 g/mol. The summed E-state index contributed by atoms with van der Waals surface area (Å²) in [6.07, 6.45) is 0. The molecule has 1 atom stereocenters. The van der Waals surface area contributed by atoms with Crippen molar-refractivity contribution in [1.82, 2.24) is 4.90 Å². The molecule has 1 aromatic rings. The van der Waals surface area contributed by atoms with Crippen LogP contribution in [0.3, 0.4) is 0 Å². The summed E-state index contributed by atoms with van der Waals surface area (Å²) >= 11 is 0. The van der Waals surface area contributed by atoms with Gasteiger partial charge in [0.25, 0.3) is 0 Å². The first-order valence-corrected chi connectivity index (χ1v) is 5.52. The number of fused-ring (bicyclic) bond motifs is 1. The molecule has 0 amide bonds. The molecule has 0 bridgehead atoms. The number of likely N-dealkylation sites (N-methyl/N-ethyl adjacent to an activating group) is 1. The SMILES string of the molecule is CCN(CCN)C1COc2ccccc21. The fraction of sp³-hybridized carbons (Fsp3) is 0.500. The zero-order valence-corrected chi connectivity index (χ0v) is 9.15. The van der Waals surface area contributed by atoms with Crippen LogP contribution in [0, 0.1) is 0 Å². The smallest absolute Gasteiger partial charge is 0.124 e. The number of benzene rings is 1. The van der Waals surface area contributed by atoms with Gasteiger partial charge in [-0.2, -0.15) is 0 Å². The molecule has 15 heavy (non-hydrogen) atoms. The predicted octanol–water partition coefficient (Wildman–Crippen LogP) is 1.40. The highest BCUT2D eigenvalue weighted by molar-refractivity contribution is 5.39. The van der Waals surface area contributed by atoms with Crippen molar-refractivity contribution in [2.45, 2.75) is 13.0 Å². The van der Waals surface area contributed by atoms with E-state index in [0.29, 0.717) is 12.6 Å². The molecular formula is C12H18N2O. The van der Waals surface area contributed by atoms with E-state index in [0.717, 1.165) is 25.4 Å². The molecule has 1 aromatic carbocycles. The van der Waals surface area contributed by atoms with Gasteiger partial charge < -0.3 is 10.5 Å². The molecule has 0 aromatic heterocycles. The Balaban J connectivity index is 2.18. The monoisotopic (exact) mass is 206 g/mol. The molecule has 3 nitrogen and oxygen atoms in total. The Morgan fingerprint density at radius 1 is 1.47 bits per heavy atom. The zero-order valence-electron chi connectivity index (χ0n) is 9.15. The maximum atomic E-state index is 5.66. The Hall–Kier alpha value is -1.06. The van der Waals surface area contributed by atoms with Crippen LogP contribution in [0.5, 0.6) is 5.75 Å². The number of para-hydroxylation sites is 1. The van der Waals surface area contributed by atoms with Crippen molar-refractivity contribution < 1.29 is 4.74 Å². The highest BCUT2D eigenvalue weighted by atomic mass is 16.5. The summed E-state index contributed by atoms with van der Waals surface area (Å²) < 4.78 is 5.66. The number of hydrogen-bond acceptors (Lipinski definition) is 3. The largest absolute Gasteiger partial charge is 0.491 e. The number of nitrogens with two attached hydrogens (primary N) is 1. The molecule has 0 radical (unpaired) electrons. The van der Waals surface area contributed by atoms with Gasteiger partial charge >= 0.3 is 0 Å². The molecule has 0 aliphatic carbocycles. The summed E-state index contributed by atoms with van der Waals surface area (Å²) in [5.41, 5.74) is 6.91. The molecular weight excluding hydrogens is 188 g/mol. The Kier molecular flexibility index (Phi) is 3.23. The van der Waals surface area contributed by atoms with E-state index >= 15 is 0 Å². The minimum atomic E-state index is 0.384. The van der Waals surface area contributed by atoms with Gasteiger partial charge in [-0.1, -0.05) is 25.1 Å². The van der Waals surface area contributed by atoms with Gasteiger partial charge in [0.15, 0.2) is 0 Å². The zero-order chi connectivity index (χ0) is 10.7. The topological polar surface area (TPSA) is 38.5 Å². The minimum Gasteiger partial charge on any atom is -0.491 e. The van der Waals surface area contributed by atoms with Crippen molar-refractivity contribution in [3.05, 3.63) is 29.8 Å². The van der Waals surface area contributed by atoms with E-state index in [9.17, 15) is 0 Å². The minimum absolute atomic E-state index is 0.384. The highest BCUT2D eigenvalue weighted by Gasteiger charge is 2.27. The predicted molar refractivity (Wildman–Crippen MR) is 61.0 cm³/mol. The van der Waals surface area contributed by atoms with Gasteiger partial charge in [-0.3, -0.25) is 4.90 Å². The van der Waals surface area contributed by atoms with Crippen LogP contribution < -0.4 is 10.5 Å². The molecule has 3 heteroatoms. The normalized spacial score (nSPS) is 19.0. The van der Waals surface area contributed by atoms with Gasteiger partial charge in [-0.05, 0) is 12.6 Å². The van der Waals surface area contributed by atoms with Crippen LogP contribution in [0.4, 0.5) is 0 Å². The standard InChI is InChI=1S/C12H18N2O/c1-2-14(8-7-13)11-9-15-12-6-4-3-5-10(11)12/h3-6,11H,2,7-9,13H2,1H3. The first kappa shape index (κ1) is 10.5. The average Bonchev–Trinajstić information content (AvgIpc) is 2.70. The van der Waals surface area contributed by atoms with Crippen LogP contribution in [0.2, 0.25) is 0 Å². The van der Waals surface area contributed by atoms with Crippen molar-refractivity contribution in [1.29, 1.82) is 0 Å². The van der Waals surface area contributed by atoms with Crippen LogP contribution in [0.1, 0.15) is 18.5 Å². The molecule has 0 saturated carbocycles. The molecule has 0 spiro atoms. The summed E-state index contributed by atoms with van der Waals surface area (Å²) in [5, 5.41) is 0. The van der Waals surface area contributed by atoms with Crippen molar-refractivity contribution in [3.8, 4) is 5.75 Å². The van der Waals surface area contributed by atoms with E-state index in [1.165, 1.54) is 5.56 Å². The van der Waals surface area contributed by atoms with Crippen LogP contribution in [0.15, 0.2) is 24.3 Å². The van der Waals surface area contributed by atoms with Crippen molar-refractivity contribution >= 4 is 0 Å².